The Hall–Kier alpha value is -4.81. The third kappa shape index (κ3) is 5.96. The lowest BCUT2D eigenvalue weighted by Gasteiger charge is -2.50. The molecule has 7 atom stereocenters. The zero-order chi connectivity index (χ0) is 36.3. The number of anilines is 2. The van der Waals surface area contributed by atoms with Gasteiger partial charge in [0.25, 0.3) is 5.56 Å². The minimum atomic E-state index is -0.495. The van der Waals surface area contributed by atoms with Crippen LogP contribution in [0.3, 0.4) is 0 Å². The highest BCUT2D eigenvalue weighted by atomic mass is 19.1. The van der Waals surface area contributed by atoms with Gasteiger partial charge in [-0.1, -0.05) is 25.1 Å². The average molecular weight is 720 g/mol. The summed E-state index contributed by atoms with van der Waals surface area (Å²) in [6.07, 6.45) is 8.78. The number of hydrogen-bond acceptors (Lipinski definition) is 9. The van der Waals surface area contributed by atoms with Gasteiger partial charge in [0, 0.05) is 30.4 Å². The van der Waals surface area contributed by atoms with Crippen molar-refractivity contribution in [2.45, 2.75) is 69.4 Å². The molecule has 0 saturated heterocycles. The fraction of sp³-hybridized carbons (Fsp3) is 0.463. The first-order valence-corrected chi connectivity index (χ1v) is 19.0. The van der Waals surface area contributed by atoms with E-state index in [-0.39, 0.29) is 28.9 Å². The van der Waals surface area contributed by atoms with Crippen molar-refractivity contribution in [3.05, 3.63) is 105 Å². The smallest absolute Gasteiger partial charge is 0.272 e. The largest absolute Gasteiger partial charge is 0.508 e. The zero-order valence-corrected chi connectivity index (χ0v) is 30.1. The van der Waals surface area contributed by atoms with Crippen LogP contribution in [0.15, 0.2) is 65.7 Å². The molecule has 276 valence electrons. The van der Waals surface area contributed by atoms with Crippen molar-refractivity contribution in [3.8, 4) is 5.75 Å². The van der Waals surface area contributed by atoms with Crippen LogP contribution < -0.4 is 16.2 Å². The number of halogens is 1. The molecule has 9 rings (SSSR count). The maximum Gasteiger partial charge on any atom is 0.272 e. The summed E-state index contributed by atoms with van der Waals surface area (Å²) in [6.45, 7) is 4.84. The van der Waals surface area contributed by atoms with Gasteiger partial charge in [0.1, 0.15) is 23.7 Å². The number of rotatable bonds is 10. The summed E-state index contributed by atoms with van der Waals surface area (Å²) in [5.74, 6) is 2.18. The topological polar surface area (TPSA) is 139 Å². The van der Waals surface area contributed by atoms with Gasteiger partial charge in [-0.05, 0) is 115 Å². The Labute approximate surface area is 307 Å². The fourth-order valence-corrected chi connectivity index (χ4v) is 10.4. The normalized spacial score (nSPS) is 27.2. The Morgan fingerprint density at radius 3 is 2.75 bits per heavy atom. The van der Waals surface area contributed by atoms with Crippen LogP contribution in [0.4, 0.5) is 15.8 Å². The number of phenolic OH excluding ortho intramolecular Hbond substituents is 1. The molecule has 0 radical (unpaired) electrons. The third-order valence-corrected chi connectivity index (χ3v) is 12.9. The molecule has 4 N–H and O–H groups in total. The van der Waals surface area contributed by atoms with Crippen LogP contribution in [0.5, 0.6) is 5.75 Å². The summed E-state index contributed by atoms with van der Waals surface area (Å²) in [5.41, 5.74) is 5.63. The summed E-state index contributed by atoms with van der Waals surface area (Å²) in [7, 11) is 1.82. The monoisotopic (exact) mass is 719 g/mol. The number of aromatic amines is 1. The van der Waals surface area contributed by atoms with Crippen LogP contribution in [0.25, 0.3) is 10.8 Å². The lowest BCUT2D eigenvalue weighted by molar-refractivity contribution is -0.0765. The second-order valence-corrected chi connectivity index (χ2v) is 15.6. The fourth-order valence-electron chi connectivity index (χ4n) is 10.4. The third-order valence-electron chi connectivity index (χ3n) is 12.9. The number of aromatic hydroxyl groups is 1. The highest BCUT2D eigenvalue weighted by molar-refractivity contribution is 5.97. The summed E-state index contributed by atoms with van der Waals surface area (Å²) in [5, 5.41) is 29.1. The van der Waals surface area contributed by atoms with Crippen LogP contribution >= 0.6 is 0 Å². The predicted molar refractivity (Wildman–Crippen MR) is 200 cm³/mol. The van der Waals surface area contributed by atoms with E-state index in [0.717, 1.165) is 24.1 Å². The van der Waals surface area contributed by atoms with E-state index < -0.39 is 11.4 Å². The second-order valence-electron chi connectivity index (χ2n) is 15.6. The van der Waals surface area contributed by atoms with Crippen molar-refractivity contribution in [3.63, 3.8) is 0 Å². The molecule has 1 aliphatic heterocycles. The Kier molecular flexibility index (Phi) is 8.69. The van der Waals surface area contributed by atoms with Gasteiger partial charge in [0.15, 0.2) is 0 Å². The Balaban J connectivity index is 0.780. The quantitative estimate of drug-likeness (QED) is 0.118. The zero-order valence-electron chi connectivity index (χ0n) is 30.1. The highest BCUT2D eigenvalue weighted by Crippen LogP contribution is 2.61. The maximum atomic E-state index is 14.6. The van der Waals surface area contributed by atoms with Crippen molar-refractivity contribution < 1.29 is 19.0 Å². The van der Waals surface area contributed by atoms with Crippen molar-refractivity contribution in [1.29, 1.82) is 0 Å². The van der Waals surface area contributed by atoms with Crippen LogP contribution in [0.2, 0.25) is 0 Å². The molecule has 11 nitrogen and oxygen atoms in total. The Morgan fingerprint density at radius 1 is 1.06 bits per heavy atom. The number of ether oxygens (including phenoxy) is 2. The van der Waals surface area contributed by atoms with E-state index in [1.165, 1.54) is 55.3 Å². The minimum Gasteiger partial charge on any atom is -0.508 e. The number of benzene rings is 3. The first-order valence-electron chi connectivity index (χ1n) is 19.0. The number of hydrogen-bond donors (Lipinski definition) is 4. The first-order chi connectivity index (χ1) is 25.8. The van der Waals surface area contributed by atoms with Crippen molar-refractivity contribution in [1.82, 2.24) is 25.0 Å². The number of aromatic nitrogens is 5. The summed E-state index contributed by atoms with van der Waals surface area (Å²) >= 11 is 0. The van der Waals surface area contributed by atoms with Gasteiger partial charge < -0.3 is 25.2 Å². The van der Waals surface area contributed by atoms with E-state index in [0.29, 0.717) is 72.5 Å². The molecule has 0 unspecified atom stereocenters. The molecule has 0 spiro atoms. The standard InChI is InChI=1S/C41H46FN7O4/c1-41-14-13-29-28-10-8-27(50)19-24(28)5-9-30(29)32(41)11-12-34(41)53-18-17-52-16-15-43-26-6-3-23(4-7-26)37-36(39-44-22-45-49(39)2)38-35-31(40(51)48-47-38)20-25(42)21-33(35)46-37/h3-4,6-8,10,19-22,29-30,32,34,36-37,43,46,50H,5,9,11-18H2,1-2H3,(H,48,51)/t29-,30-,32+,34+,36-,37-,41+/m1/s1. The molecule has 2 fully saturated rings. The molecule has 3 aromatic carbocycles. The van der Waals surface area contributed by atoms with E-state index in [4.69, 9.17) is 9.47 Å². The van der Waals surface area contributed by atoms with Crippen molar-refractivity contribution in [2.24, 2.45) is 24.3 Å². The van der Waals surface area contributed by atoms with Crippen molar-refractivity contribution >= 4 is 22.1 Å². The molecule has 12 heteroatoms. The van der Waals surface area contributed by atoms with Gasteiger partial charge in [-0.2, -0.15) is 10.2 Å². The average Bonchev–Trinajstić information content (AvgIpc) is 3.74. The van der Waals surface area contributed by atoms with Crippen LogP contribution in [0, 0.1) is 23.1 Å². The van der Waals surface area contributed by atoms with Crippen LogP contribution in [0.1, 0.15) is 85.1 Å². The number of aryl methyl sites for hydroxylation is 2. The van der Waals surface area contributed by atoms with Gasteiger partial charge in [-0.15, -0.1) is 0 Å². The Morgan fingerprint density at radius 2 is 1.92 bits per heavy atom. The van der Waals surface area contributed by atoms with E-state index >= 15 is 0 Å². The van der Waals surface area contributed by atoms with E-state index in [2.05, 4.69) is 43.9 Å². The summed E-state index contributed by atoms with van der Waals surface area (Å²) in [4.78, 5) is 17.1. The lowest BCUT2D eigenvalue weighted by atomic mass is 9.55. The van der Waals surface area contributed by atoms with E-state index in [1.54, 1.807) is 4.68 Å². The molecular formula is C41H46FN7O4. The molecule has 2 aromatic heterocycles. The maximum absolute atomic E-state index is 14.6. The predicted octanol–water partition coefficient (Wildman–Crippen LogP) is 6.57. The van der Waals surface area contributed by atoms with Crippen LogP contribution in [-0.2, 0) is 22.9 Å². The molecule has 2 saturated carbocycles. The molecule has 3 aliphatic carbocycles. The molecule has 3 heterocycles. The number of phenols is 1. The molecule has 53 heavy (non-hydrogen) atoms. The molecule has 0 amide bonds. The van der Waals surface area contributed by atoms with E-state index in [1.807, 2.05) is 43.4 Å². The van der Waals surface area contributed by atoms with Gasteiger partial charge in [0.05, 0.1) is 49.0 Å². The molecule has 0 bridgehead atoms. The molecule has 4 aliphatic rings. The summed E-state index contributed by atoms with van der Waals surface area (Å²) in [6, 6.07) is 16.4. The van der Waals surface area contributed by atoms with Crippen LogP contribution in [-0.4, -0.2) is 62.5 Å². The summed E-state index contributed by atoms with van der Waals surface area (Å²) < 4.78 is 28.8. The number of nitrogens with one attached hydrogen (secondary N) is 3. The lowest BCUT2D eigenvalue weighted by Crippen LogP contribution is -2.44. The van der Waals surface area contributed by atoms with Gasteiger partial charge in [0.2, 0.25) is 0 Å². The van der Waals surface area contributed by atoms with Gasteiger partial charge in [-0.3, -0.25) is 9.48 Å². The number of fused-ring (bicyclic) bond motifs is 5. The SMILES string of the molecule is Cn1ncnc1[C@H]1c2n[nH]c(=O)c3cc(F)cc(c23)N[C@@H]1c1ccc(NCCOCCO[C@H]2CC[C@H]3[C@@H]4CCc5cc(O)ccc5[C@H]4CC[C@]23C)cc1. The molecule has 5 aromatic rings. The first kappa shape index (κ1) is 34.0. The van der Waals surface area contributed by atoms with Gasteiger partial charge in [-0.25, -0.2) is 14.5 Å². The second kappa shape index (κ2) is 13.6. The Bertz CT molecular complexity index is 2210. The highest BCUT2D eigenvalue weighted by Gasteiger charge is 2.55. The molecular weight excluding hydrogens is 673 g/mol. The minimum absolute atomic E-state index is 0.215. The number of nitrogens with zero attached hydrogens (tertiary/aromatic N) is 4. The number of H-pyrrole nitrogens is 1. The van der Waals surface area contributed by atoms with Gasteiger partial charge >= 0.3 is 0 Å². The van der Waals surface area contributed by atoms with Crippen molar-refractivity contribution in [2.75, 3.05) is 37.0 Å². The van der Waals surface area contributed by atoms with E-state index in [9.17, 15) is 14.3 Å².